The zero-order valence-corrected chi connectivity index (χ0v) is 20.6. The Morgan fingerprint density at radius 1 is 1.06 bits per heavy atom. The number of hydrogen-bond acceptors (Lipinski definition) is 7. The summed E-state index contributed by atoms with van der Waals surface area (Å²) in [5.41, 5.74) is 2.47. The van der Waals surface area contributed by atoms with Crippen LogP contribution in [0.25, 0.3) is 10.2 Å². The first kappa shape index (κ1) is 24.4. The van der Waals surface area contributed by atoms with E-state index in [4.69, 9.17) is 5.14 Å². The molecule has 12 heteroatoms. The minimum absolute atomic E-state index is 0.122. The molecule has 0 amide bonds. The molecule has 0 saturated carbocycles. The first-order valence-electron chi connectivity index (χ1n) is 11.3. The second-order valence-corrected chi connectivity index (χ2v) is 12.4. The van der Waals surface area contributed by atoms with Crippen molar-refractivity contribution in [1.29, 1.82) is 0 Å². The SMILES string of the molecule is NS(=O)(=O)Cc1ccc(CN2CC[C@]3(CCN(c4ncnc5cc(CC(F)(F)F)sc45)C3)C2)cc1. The van der Waals surface area contributed by atoms with Crippen molar-refractivity contribution in [1.82, 2.24) is 14.9 Å². The minimum atomic E-state index is -4.25. The van der Waals surface area contributed by atoms with Crippen LogP contribution in [0.1, 0.15) is 28.8 Å². The van der Waals surface area contributed by atoms with Crippen LogP contribution in [0, 0.1) is 5.41 Å². The topological polar surface area (TPSA) is 92.4 Å². The van der Waals surface area contributed by atoms with Crippen molar-refractivity contribution in [2.24, 2.45) is 10.6 Å². The predicted molar refractivity (Wildman–Crippen MR) is 130 cm³/mol. The Bertz CT molecular complexity index is 1330. The second kappa shape index (κ2) is 8.99. The summed E-state index contributed by atoms with van der Waals surface area (Å²) >= 11 is 1.13. The lowest BCUT2D eigenvalue weighted by atomic mass is 9.86. The van der Waals surface area contributed by atoms with Gasteiger partial charge in [0.1, 0.15) is 12.1 Å². The maximum absolute atomic E-state index is 12.9. The Morgan fingerprint density at radius 2 is 1.77 bits per heavy atom. The Kier molecular flexibility index (Phi) is 6.27. The fraction of sp³-hybridized carbons (Fsp3) is 0.478. The molecule has 0 bridgehead atoms. The Morgan fingerprint density at radius 3 is 2.49 bits per heavy atom. The molecular formula is C23H26F3N5O2S2. The zero-order chi connectivity index (χ0) is 24.8. The van der Waals surface area contributed by atoms with Crippen LogP contribution in [0.15, 0.2) is 36.7 Å². The summed E-state index contributed by atoms with van der Waals surface area (Å²) < 4.78 is 61.9. The van der Waals surface area contributed by atoms with Crippen LogP contribution < -0.4 is 10.0 Å². The Labute approximate surface area is 205 Å². The van der Waals surface area contributed by atoms with E-state index >= 15 is 0 Å². The molecule has 3 aromatic rings. The lowest BCUT2D eigenvalue weighted by Gasteiger charge is -2.25. The molecule has 2 N–H and O–H groups in total. The molecule has 5 rings (SSSR count). The molecule has 2 fully saturated rings. The van der Waals surface area contributed by atoms with Gasteiger partial charge in [0.25, 0.3) is 0 Å². The van der Waals surface area contributed by atoms with Crippen LogP contribution in [0.5, 0.6) is 0 Å². The maximum Gasteiger partial charge on any atom is 0.393 e. The molecule has 4 heterocycles. The highest BCUT2D eigenvalue weighted by Gasteiger charge is 2.44. The van der Waals surface area contributed by atoms with Gasteiger partial charge < -0.3 is 4.90 Å². The lowest BCUT2D eigenvalue weighted by Crippen LogP contribution is -2.31. The summed E-state index contributed by atoms with van der Waals surface area (Å²) in [4.78, 5) is 13.5. The van der Waals surface area contributed by atoms with Gasteiger partial charge in [0.15, 0.2) is 0 Å². The molecule has 2 aromatic heterocycles. The number of rotatable bonds is 6. The van der Waals surface area contributed by atoms with Crippen molar-refractivity contribution >= 4 is 37.4 Å². The molecule has 188 valence electrons. The van der Waals surface area contributed by atoms with Crippen molar-refractivity contribution < 1.29 is 21.6 Å². The number of halogens is 3. The predicted octanol–water partition coefficient (Wildman–Crippen LogP) is 3.69. The van der Waals surface area contributed by atoms with Gasteiger partial charge in [-0.2, -0.15) is 13.2 Å². The maximum atomic E-state index is 12.9. The van der Waals surface area contributed by atoms with E-state index in [1.54, 1.807) is 12.1 Å². The monoisotopic (exact) mass is 525 g/mol. The zero-order valence-electron chi connectivity index (χ0n) is 19.0. The van der Waals surface area contributed by atoms with Gasteiger partial charge in [-0.3, -0.25) is 4.90 Å². The number of alkyl halides is 3. The van der Waals surface area contributed by atoms with E-state index in [1.807, 2.05) is 12.1 Å². The van der Waals surface area contributed by atoms with Crippen molar-refractivity contribution in [3.05, 3.63) is 52.7 Å². The van der Waals surface area contributed by atoms with Gasteiger partial charge in [0, 0.05) is 36.5 Å². The molecular weight excluding hydrogens is 499 g/mol. The largest absolute Gasteiger partial charge is 0.393 e. The molecule has 0 radical (unpaired) electrons. The molecule has 1 spiro atoms. The van der Waals surface area contributed by atoms with Gasteiger partial charge in [0.2, 0.25) is 10.0 Å². The van der Waals surface area contributed by atoms with E-state index in [9.17, 15) is 21.6 Å². The second-order valence-electron chi connectivity index (χ2n) is 9.67. The van der Waals surface area contributed by atoms with Crippen molar-refractivity contribution in [3.8, 4) is 0 Å². The number of sulfonamides is 1. The highest BCUT2D eigenvalue weighted by atomic mass is 32.2. The van der Waals surface area contributed by atoms with Crippen LogP contribution in [0.4, 0.5) is 19.0 Å². The number of nitrogens with zero attached hydrogens (tertiary/aromatic N) is 4. The van der Waals surface area contributed by atoms with Crippen LogP contribution in [-0.2, 0) is 28.7 Å². The molecule has 0 unspecified atom stereocenters. The van der Waals surface area contributed by atoms with Crippen molar-refractivity contribution in [3.63, 3.8) is 0 Å². The Balaban J connectivity index is 1.25. The van der Waals surface area contributed by atoms with Crippen LogP contribution in [0.3, 0.4) is 0 Å². The lowest BCUT2D eigenvalue weighted by molar-refractivity contribution is -0.126. The third-order valence-corrected chi connectivity index (χ3v) is 8.63. The molecule has 2 aliphatic rings. The smallest absolute Gasteiger partial charge is 0.355 e. The fourth-order valence-corrected chi connectivity index (χ4v) is 7.06. The van der Waals surface area contributed by atoms with Gasteiger partial charge in [-0.1, -0.05) is 24.3 Å². The highest BCUT2D eigenvalue weighted by molar-refractivity contribution is 7.88. The molecule has 7 nitrogen and oxygen atoms in total. The van der Waals surface area contributed by atoms with Gasteiger partial charge >= 0.3 is 6.18 Å². The van der Waals surface area contributed by atoms with E-state index < -0.39 is 22.6 Å². The van der Waals surface area contributed by atoms with E-state index in [0.29, 0.717) is 11.1 Å². The number of anilines is 1. The summed E-state index contributed by atoms with van der Waals surface area (Å²) in [5, 5.41) is 5.12. The third kappa shape index (κ3) is 5.76. The quantitative estimate of drug-likeness (QED) is 0.528. The van der Waals surface area contributed by atoms with Gasteiger partial charge in [-0.05, 0) is 36.6 Å². The van der Waals surface area contributed by atoms with E-state index in [2.05, 4.69) is 19.8 Å². The summed E-state index contributed by atoms with van der Waals surface area (Å²) in [6, 6.07) is 9.02. The van der Waals surface area contributed by atoms with Crippen LogP contribution in [0.2, 0.25) is 0 Å². The number of fused-ring (bicyclic) bond motifs is 1. The Hall–Kier alpha value is -2.28. The number of primary sulfonamides is 1. The van der Waals surface area contributed by atoms with Crippen LogP contribution >= 0.6 is 11.3 Å². The number of nitrogens with two attached hydrogens (primary N) is 1. The van der Waals surface area contributed by atoms with Crippen molar-refractivity contribution in [2.75, 3.05) is 31.1 Å². The van der Waals surface area contributed by atoms with E-state index in [1.165, 1.54) is 12.4 Å². The summed E-state index contributed by atoms with van der Waals surface area (Å²) in [6.07, 6.45) is -1.71. The number of benzene rings is 1. The van der Waals surface area contributed by atoms with Gasteiger partial charge in [-0.15, -0.1) is 11.3 Å². The van der Waals surface area contributed by atoms with E-state index in [0.717, 1.165) is 73.0 Å². The standard InChI is InChI=1S/C23H26F3N5O2S2/c24-23(25,26)10-18-9-19-20(34-18)21(29-15-28-19)31-8-6-22(14-31)5-7-30(13-22)11-16-1-3-17(4-2-16)12-35(27,32)33/h1-4,9,15H,5-8,10-14H2,(H2,27,32,33)/t22-/m0/s1. The molecule has 0 aliphatic carbocycles. The minimum Gasteiger partial charge on any atom is -0.355 e. The summed E-state index contributed by atoms with van der Waals surface area (Å²) in [6.45, 7) is 4.30. The third-order valence-electron chi connectivity index (χ3n) is 6.77. The molecule has 1 atom stereocenters. The molecule has 2 saturated heterocycles. The average molecular weight is 526 g/mol. The number of hydrogen-bond donors (Lipinski definition) is 1. The fourth-order valence-electron chi connectivity index (χ4n) is 5.24. The number of aromatic nitrogens is 2. The normalized spacial score (nSPS) is 21.5. The molecule has 2 aliphatic heterocycles. The number of thiophene rings is 1. The highest BCUT2D eigenvalue weighted by Crippen LogP contribution is 2.43. The summed E-state index contributed by atoms with van der Waals surface area (Å²) in [5.74, 6) is 0.558. The van der Waals surface area contributed by atoms with E-state index in [-0.39, 0.29) is 16.0 Å². The first-order valence-corrected chi connectivity index (χ1v) is 13.9. The average Bonchev–Trinajstić information content (AvgIpc) is 3.45. The molecule has 35 heavy (non-hydrogen) atoms. The number of likely N-dealkylation sites (tertiary alicyclic amines) is 1. The summed E-state index contributed by atoms with van der Waals surface area (Å²) in [7, 11) is -3.55. The van der Waals surface area contributed by atoms with Crippen LogP contribution in [-0.4, -0.2) is 55.6 Å². The van der Waals surface area contributed by atoms with Gasteiger partial charge in [0.05, 0.1) is 22.4 Å². The first-order chi connectivity index (χ1) is 16.5. The molecule has 1 aromatic carbocycles. The van der Waals surface area contributed by atoms with Crippen molar-refractivity contribution in [2.45, 2.75) is 37.7 Å². The van der Waals surface area contributed by atoms with Gasteiger partial charge in [-0.25, -0.2) is 23.5 Å².